The maximum Gasteiger partial charge on any atom is 0.242 e. The minimum atomic E-state index is -3.76. The Morgan fingerprint density at radius 1 is 1.09 bits per heavy atom. The van der Waals surface area contributed by atoms with Gasteiger partial charge in [0.1, 0.15) is 11.9 Å². The van der Waals surface area contributed by atoms with Gasteiger partial charge in [-0.3, -0.25) is 13.9 Å². The summed E-state index contributed by atoms with van der Waals surface area (Å²) in [4.78, 5) is 27.4. The first-order chi connectivity index (χ1) is 16.1. The second-order valence-corrected chi connectivity index (χ2v) is 10.2. The van der Waals surface area contributed by atoms with Crippen LogP contribution < -0.4 is 9.62 Å². The van der Waals surface area contributed by atoms with Crippen molar-refractivity contribution in [3.8, 4) is 0 Å². The van der Waals surface area contributed by atoms with Crippen LogP contribution in [0.15, 0.2) is 48.5 Å². The minimum Gasteiger partial charge on any atom is -0.355 e. The molecule has 1 N–H and O–H groups in total. The smallest absolute Gasteiger partial charge is 0.242 e. The topological polar surface area (TPSA) is 86.8 Å². The van der Waals surface area contributed by atoms with Crippen LogP contribution in [0.2, 0.25) is 5.02 Å². The van der Waals surface area contributed by atoms with Crippen LogP contribution in [0.5, 0.6) is 0 Å². The van der Waals surface area contributed by atoms with Crippen molar-refractivity contribution >= 4 is 39.1 Å². The van der Waals surface area contributed by atoms with Crippen LogP contribution in [0.3, 0.4) is 0 Å². The first-order valence-corrected chi connectivity index (χ1v) is 13.3. The highest BCUT2D eigenvalue weighted by Crippen LogP contribution is 2.22. The summed E-state index contributed by atoms with van der Waals surface area (Å²) in [6.45, 7) is 4.20. The second-order valence-electron chi connectivity index (χ2n) is 7.86. The lowest BCUT2D eigenvalue weighted by atomic mass is 10.1. The average molecular weight is 512 g/mol. The number of carbonyl (C=O) groups is 2. The summed E-state index contributed by atoms with van der Waals surface area (Å²) in [6, 6.07) is 11.9. The maximum absolute atomic E-state index is 14.2. The number of benzene rings is 2. The van der Waals surface area contributed by atoms with Crippen molar-refractivity contribution in [3.05, 3.63) is 64.9 Å². The van der Waals surface area contributed by atoms with Crippen molar-refractivity contribution in [3.63, 3.8) is 0 Å². The van der Waals surface area contributed by atoms with Gasteiger partial charge in [-0.15, -0.1) is 0 Å². The quantitative estimate of drug-likeness (QED) is 0.467. The summed E-state index contributed by atoms with van der Waals surface area (Å²) in [7, 11) is -3.76. The van der Waals surface area contributed by atoms with E-state index in [9.17, 15) is 22.4 Å². The molecule has 0 saturated carbocycles. The van der Waals surface area contributed by atoms with Gasteiger partial charge in [0.2, 0.25) is 21.8 Å². The number of sulfonamides is 1. The number of halogens is 2. The Hall–Kier alpha value is -2.65. The van der Waals surface area contributed by atoms with Gasteiger partial charge in [-0.05, 0) is 49.6 Å². The Balaban J connectivity index is 2.20. The van der Waals surface area contributed by atoms with E-state index in [2.05, 4.69) is 5.32 Å². The number of para-hydroxylation sites is 1. The summed E-state index contributed by atoms with van der Waals surface area (Å²) >= 11 is 5.96. The summed E-state index contributed by atoms with van der Waals surface area (Å²) < 4.78 is 39.7. The first-order valence-electron chi connectivity index (χ1n) is 11.1. The Morgan fingerprint density at radius 2 is 1.74 bits per heavy atom. The molecule has 1 atom stereocenters. The fourth-order valence-electron chi connectivity index (χ4n) is 3.63. The second kappa shape index (κ2) is 12.7. The molecular weight excluding hydrogens is 481 g/mol. The van der Waals surface area contributed by atoms with Crippen LogP contribution in [0, 0.1) is 5.82 Å². The minimum absolute atomic E-state index is 0.00995. The van der Waals surface area contributed by atoms with Gasteiger partial charge in [-0.2, -0.15) is 0 Å². The van der Waals surface area contributed by atoms with Gasteiger partial charge in [0, 0.05) is 31.1 Å². The summed E-state index contributed by atoms with van der Waals surface area (Å²) in [6.07, 6.45) is 1.55. The zero-order valence-corrected chi connectivity index (χ0v) is 21.2. The summed E-state index contributed by atoms with van der Waals surface area (Å²) in [5.41, 5.74) is 0.744. The molecule has 10 heteroatoms. The highest BCUT2D eigenvalue weighted by Gasteiger charge is 2.28. The molecule has 2 aromatic carbocycles. The van der Waals surface area contributed by atoms with Crippen LogP contribution in [0.25, 0.3) is 0 Å². The van der Waals surface area contributed by atoms with Crippen LogP contribution in [-0.2, 0) is 26.2 Å². The number of anilines is 1. The molecule has 0 bridgehead atoms. The third-order valence-corrected chi connectivity index (χ3v) is 6.71. The normalized spacial score (nSPS) is 12.1. The predicted octanol–water partition coefficient (Wildman–Crippen LogP) is 3.97. The van der Waals surface area contributed by atoms with E-state index in [1.807, 2.05) is 6.92 Å². The molecule has 0 radical (unpaired) electrons. The molecule has 34 heavy (non-hydrogen) atoms. The number of likely N-dealkylation sites (N-methyl/N-ethyl adjacent to an activating group) is 1. The van der Waals surface area contributed by atoms with E-state index in [1.165, 1.54) is 23.1 Å². The van der Waals surface area contributed by atoms with Crippen LogP contribution >= 0.6 is 11.6 Å². The largest absolute Gasteiger partial charge is 0.355 e. The molecule has 2 aromatic rings. The van der Waals surface area contributed by atoms with E-state index in [4.69, 9.17) is 11.6 Å². The van der Waals surface area contributed by atoms with E-state index in [1.54, 1.807) is 37.3 Å². The zero-order chi connectivity index (χ0) is 25.3. The Kier molecular flexibility index (Phi) is 10.3. The molecule has 0 aliphatic carbocycles. The lowest BCUT2D eigenvalue weighted by molar-refractivity contribution is -0.141. The molecule has 2 rings (SSSR count). The number of hydrogen-bond donors (Lipinski definition) is 1. The molecule has 0 aliphatic heterocycles. The van der Waals surface area contributed by atoms with Crippen molar-refractivity contribution in [2.24, 2.45) is 0 Å². The van der Waals surface area contributed by atoms with Crippen molar-refractivity contribution < 1.29 is 22.4 Å². The number of hydrogen-bond acceptors (Lipinski definition) is 4. The Labute approximate surface area is 205 Å². The highest BCUT2D eigenvalue weighted by molar-refractivity contribution is 7.92. The average Bonchev–Trinajstić information content (AvgIpc) is 2.78. The van der Waals surface area contributed by atoms with E-state index >= 15 is 0 Å². The number of nitrogens with one attached hydrogen (secondary N) is 1. The van der Waals surface area contributed by atoms with Crippen molar-refractivity contribution in [1.82, 2.24) is 10.2 Å². The zero-order valence-electron chi connectivity index (χ0n) is 19.6. The third kappa shape index (κ3) is 7.70. The molecule has 0 saturated heterocycles. The molecule has 0 spiro atoms. The highest BCUT2D eigenvalue weighted by atomic mass is 35.5. The molecule has 7 nitrogen and oxygen atoms in total. The predicted molar refractivity (Wildman–Crippen MR) is 133 cm³/mol. The lowest BCUT2D eigenvalue weighted by Crippen LogP contribution is -2.49. The van der Waals surface area contributed by atoms with Crippen LogP contribution in [-0.4, -0.2) is 50.5 Å². The number of carbonyl (C=O) groups excluding carboxylic acids is 2. The fraction of sp³-hybridized carbons (Fsp3) is 0.417. The monoisotopic (exact) mass is 511 g/mol. The van der Waals surface area contributed by atoms with E-state index in [0.717, 1.165) is 16.1 Å². The lowest BCUT2D eigenvalue weighted by Gasteiger charge is -2.31. The Morgan fingerprint density at radius 3 is 2.29 bits per heavy atom. The van der Waals surface area contributed by atoms with Gasteiger partial charge in [-0.1, -0.05) is 42.8 Å². The molecule has 0 fully saturated rings. The van der Waals surface area contributed by atoms with Crippen molar-refractivity contribution in [2.45, 2.75) is 45.7 Å². The van der Waals surface area contributed by atoms with E-state index in [-0.39, 0.29) is 43.4 Å². The molecule has 2 amide bonds. The molecular formula is C24H31ClFN3O4S. The maximum atomic E-state index is 14.2. The van der Waals surface area contributed by atoms with E-state index < -0.39 is 21.9 Å². The fourth-order valence-corrected chi connectivity index (χ4v) is 4.73. The van der Waals surface area contributed by atoms with Crippen LogP contribution in [0.1, 0.15) is 38.7 Å². The number of rotatable bonds is 12. The SMILES string of the molecule is CCNC(=O)[C@@H](CC)N(Cc1ccc(Cl)cc1)C(=O)CCCN(c1ccccc1F)S(C)(=O)=O. The Bertz CT molecular complexity index is 1080. The molecule has 0 aromatic heterocycles. The standard InChI is InChI=1S/C24H31ClFN3O4S/c1-4-21(24(31)27-5-2)28(17-18-12-14-19(25)15-13-18)23(30)11-8-16-29(34(3,32)33)22-10-7-6-9-20(22)26/h6-7,9-10,12-15,21H,4-5,8,11,16-17H2,1-3H3,(H,27,31)/t21-/m1/s1. The van der Waals surface area contributed by atoms with Gasteiger partial charge in [0.05, 0.1) is 11.9 Å². The van der Waals surface area contributed by atoms with Gasteiger partial charge in [-0.25, -0.2) is 12.8 Å². The van der Waals surface area contributed by atoms with Gasteiger partial charge in [0.15, 0.2) is 0 Å². The van der Waals surface area contributed by atoms with Gasteiger partial charge >= 0.3 is 0 Å². The molecule has 186 valence electrons. The van der Waals surface area contributed by atoms with Crippen molar-refractivity contribution in [2.75, 3.05) is 23.7 Å². The van der Waals surface area contributed by atoms with E-state index in [0.29, 0.717) is 18.0 Å². The summed E-state index contributed by atoms with van der Waals surface area (Å²) in [5, 5.41) is 3.33. The third-order valence-electron chi connectivity index (χ3n) is 5.28. The van der Waals surface area contributed by atoms with Crippen molar-refractivity contribution in [1.29, 1.82) is 0 Å². The molecule has 0 aliphatic rings. The first kappa shape index (κ1) is 27.6. The number of amides is 2. The number of nitrogens with zero attached hydrogens (tertiary/aromatic N) is 2. The van der Waals surface area contributed by atoms with Gasteiger partial charge in [0.25, 0.3) is 0 Å². The summed E-state index contributed by atoms with van der Waals surface area (Å²) in [5.74, 6) is -1.21. The van der Waals surface area contributed by atoms with Gasteiger partial charge < -0.3 is 10.2 Å². The molecule has 0 heterocycles. The van der Waals surface area contributed by atoms with Crippen LogP contribution in [0.4, 0.5) is 10.1 Å². The molecule has 0 unspecified atom stereocenters.